The van der Waals surface area contributed by atoms with Crippen molar-refractivity contribution in [2.45, 2.75) is 10.6 Å². The molecule has 4 nitrogen and oxygen atoms in total. The Labute approximate surface area is 151 Å². The van der Waals surface area contributed by atoms with Crippen molar-refractivity contribution in [3.8, 4) is 0 Å². The Morgan fingerprint density at radius 1 is 0.885 bits per heavy atom. The topological polar surface area (TPSA) is 63.2 Å². The monoisotopic (exact) mass is 369 g/mol. The maximum Gasteiger partial charge on any atom is 0.255 e. The molecule has 0 unspecified atom stereocenters. The lowest BCUT2D eigenvalue weighted by Gasteiger charge is -2.09. The van der Waals surface area contributed by atoms with Gasteiger partial charge < -0.3 is 5.32 Å². The zero-order valence-electron chi connectivity index (χ0n) is 13.7. The van der Waals surface area contributed by atoms with Gasteiger partial charge in [-0.1, -0.05) is 36.4 Å². The molecule has 0 aliphatic rings. The lowest BCUT2D eigenvalue weighted by molar-refractivity contribution is 0.102. The predicted molar refractivity (Wildman–Crippen MR) is 98.1 cm³/mol. The molecule has 3 aromatic carbocycles. The molecule has 0 spiro atoms. The van der Waals surface area contributed by atoms with Crippen LogP contribution in [-0.4, -0.2) is 14.3 Å². The van der Waals surface area contributed by atoms with Crippen molar-refractivity contribution in [1.82, 2.24) is 0 Å². The summed E-state index contributed by atoms with van der Waals surface area (Å²) in [6, 6.07) is 20.1. The molecule has 0 heterocycles. The maximum atomic E-state index is 13.2. The Hall–Kier alpha value is -2.99. The van der Waals surface area contributed by atoms with Crippen molar-refractivity contribution < 1.29 is 17.6 Å². The fourth-order valence-electron chi connectivity index (χ4n) is 2.50. The van der Waals surface area contributed by atoms with E-state index in [1.807, 2.05) is 0 Å². The largest absolute Gasteiger partial charge is 0.322 e. The van der Waals surface area contributed by atoms with Gasteiger partial charge >= 0.3 is 0 Å². The highest BCUT2D eigenvalue weighted by atomic mass is 32.2. The summed E-state index contributed by atoms with van der Waals surface area (Å²) in [5.41, 5.74) is 1.18. The summed E-state index contributed by atoms with van der Waals surface area (Å²) in [4.78, 5) is 12.4. The average Bonchev–Trinajstić information content (AvgIpc) is 2.62. The number of carbonyl (C=O) groups is 1. The second-order valence-corrected chi connectivity index (χ2v) is 7.73. The third-order valence-corrected chi connectivity index (χ3v) is 5.43. The number of carbonyl (C=O) groups excluding carboxylic acids is 1. The zero-order valence-corrected chi connectivity index (χ0v) is 14.5. The number of hydrogen-bond donors (Lipinski definition) is 1. The van der Waals surface area contributed by atoms with Crippen LogP contribution in [0.15, 0.2) is 83.8 Å². The minimum atomic E-state index is -3.48. The van der Waals surface area contributed by atoms with Gasteiger partial charge in [0.1, 0.15) is 5.82 Å². The van der Waals surface area contributed by atoms with Crippen LogP contribution >= 0.6 is 0 Å². The second kappa shape index (κ2) is 7.49. The molecule has 0 saturated heterocycles. The summed E-state index contributed by atoms with van der Waals surface area (Å²) in [7, 11) is -3.48. The van der Waals surface area contributed by atoms with Crippen LogP contribution in [0, 0.1) is 5.82 Å². The van der Waals surface area contributed by atoms with Gasteiger partial charge in [0.15, 0.2) is 9.84 Å². The second-order valence-electron chi connectivity index (χ2n) is 5.74. The van der Waals surface area contributed by atoms with Crippen LogP contribution in [-0.2, 0) is 15.6 Å². The van der Waals surface area contributed by atoms with Gasteiger partial charge in [-0.15, -0.1) is 0 Å². The fraction of sp³-hybridized carbons (Fsp3) is 0.0500. The number of nitrogens with one attached hydrogen (secondary N) is 1. The summed E-state index contributed by atoms with van der Waals surface area (Å²) in [5, 5.41) is 2.65. The highest BCUT2D eigenvalue weighted by molar-refractivity contribution is 7.90. The molecular formula is C20H16FNO3S. The minimum absolute atomic E-state index is 0.180. The number of anilines is 1. The van der Waals surface area contributed by atoms with Gasteiger partial charge in [0, 0.05) is 11.3 Å². The van der Waals surface area contributed by atoms with E-state index in [0.717, 1.165) is 6.07 Å². The Morgan fingerprint density at radius 3 is 2.35 bits per heavy atom. The van der Waals surface area contributed by atoms with E-state index in [4.69, 9.17) is 0 Å². The van der Waals surface area contributed by atoms with Crippen molar-refractivity contribution in [2.75, 3.05) is 5.32 Å². The van der Waals surface area contributed by atoms with E-state index in [2.05, 4.69) is 5.32 Å². The van der Waals surface area contributed by atoms with Crippen LogP contribution in [0.4, 0.5) is 10.1 Å². The minimum Gasteiger partial charge on any atom is -0.322 e. The van der Waals surface area contributed by atoms with E-state index in [-0.39, 0.29) is 16.2 Å². The number of halogens is 1. The van der Waals surface area contributed by atoms with E-state index in [0.29, 0.717) is 11.3 Å². The van der Waals surface area contributed by atoms with Crippen molar-refractivity contribution in [3.63, 3.8) is 0 Å². The number of hydrogen-bond acceptors (Lipinski definition) is 3. The number of benzene rings is 3. The maximum absolute atomic E-state index is 13.2. The third-order valence-electron chi connectivity index (χ3n) is 3.73. The lowest BCUT2D eigenvalue weighted by Crippen LogP contribution is -2.12. The van der Waals surface area contributed by atoms with Crippen LogP contribution in [0.2, 0.25) is 0 Å². The molecule has 0 aromatic heterocycles. The lowest BCUT2D eigenvalue weighted by atomic mass is 10.2. The highest BCUT2D eigenvalue weighted by Crippen LogP contribution is 2.19. The molecule has 26 heavy (non-hydrogen) atoms. The van der Waals surface area contributed by atoms with Gasteiger partial charge in [0.05, 0.1) is 10.6 Å². The molecule has 0 radical (unpaired) electrons. The summed E-state index contributed by atoms with van der Waals surface area (Å²) in [5.74, 6) is -1.14. The molecule has 0 aliphatic heterocycles. The van der Waals surface area contributed by atoms with Gasteiger partial charge in [-0.3, -0.25) is 4.79 Å². The number of sulfone groups is 1. The molecule has 0 bridgehead atoms. The summed E-state index contributed by atoms with van der Waals surface area (Å²) < 4.78 is 38.2. The average molecular weight is 369 g/mol. The predicted octanol–water partition coefficient (Wildman–Crippen LogP) is 4.05. The molecular weight excluding hydrogens is 353 g/mol. The van der Waals surface area contributed by atoms with Gasteiger partial charge in [-0.05, 0) is 48.0 Å². The Morgan fingerprint density at radius 2 is 1.62 bits per heavy atom. The first-order valence-electron chi connectivity index (χ1n) is 7.88. The highest BCUT2D eigenvalue weighted by Gasteiger charge is 2.15. The van der Waals surface area contributed by atoms with Crippen LogP contribution in [0.5, 0.6) is 0 Å². The first-order valence-corrected chi connectivity index (χ1v) is 9.53. The molecule has 0 aliphatic carbocycles. The quantitative estimate of drug-likeness (QED) is 0.738. The van der Waals surface area contributed by atoms with Gasteiger partial charge in [-0.2, -0.15) is 0 Å². The summed E-state index contributed by atoms with van der Waals surface area (Å²) in [6.07, 6.45) is 0. The molecule has 1 N–H and O–H groups in total. The fourth-order valence-corrected chi connectivity index (χ4v) is 3.86. The Balaban J connectivity index is 1.77. The molecule has 0 atom stereocenters. The molecule has 1 amide bonds. The SMILES string of the molecule is O=C(Nc1cccc(CS(=O)(=O)c2ccccc2)c1)c1cccc(F)c1. The standard InChI is InChI=1S/C20H16FNO3S/c21-17-8-5-7-16(13-17)20(23)22-18-9-4-6-15(12-18)14-26(24,25)19-10-2-1-3-11-19/h1-13H,14H2,(H,22,23). The Bertz CT molecular complexity index is 1030. The van der Waals surface area contributed by atoms with E-state index >= 15 is 0 Å². The number of rotatable bonds is 5. The normalized spacial score (nSPS) is 11.1. The molecule has 3 aromatic rings. The van der Waals surface area contributed by atoms with E-state index in [9.17, 15) is 17.6 Å². The van der Waals surface area contributed by atoms with E-state index < -0.39 is 21.6 Å². The smallest absolute Gasteiger partial charge is 0.255 e. The van der Waals surface area contributed by atoms with Crippen LogP contribution in [0.1, 0.15) is 15.9 Å². The Kier molecular flexibility index (Phi) is 5.14. The van der Waals surface area contributed by atoms with Gasteiger partial charge in [-0.25, -0.2) is 12.8 Å². The summed E-state index contributed by atoms with van der Waals surface area (Å²) in [6.45, 7) is 0. The van der Waals surface area contributed by atoms with Crippen molar-refractivity contribution in [1.29, 1.82) is 0 Å². The molecule has 3 rings (SSSR count). The van der Waals surface area contributed by atoms with Crippen LogP contribution < -0.4 is 5.32 Å². The van der Waals surface area contributed by atoms with Crippen molar-refractivity contribution in [3.05, 3.63) is 95.8 Å². The first-order chi connectivity index (χ1) is 12.4. The molecule has 0 saturated carbocycles. The van der Waals surface area contributed by atoms with Gasteiger partial charge in [0.25, 0.3) is 5.91 Å². The van der Waals surface area contributed by atoms with E-state index in [1.54, 1.807) is 54.6 Å². The van der Waals surface area contributed by atoms with E-state index in [1.165, 1.54) is 18.2 Å². The zero-order chi connectivity index (χ0) is 18.6. The third kappa shape index (κ3) is 4.34. The number of amides is 1. The van der Waals surface area contributed by atoms with Crippen molar-refractivity contribution in [2.24, 2.45) is 0 Å². The van der Waals surface area contributed by atoms with Crippen LogP contribution in [0.3, 0.4) is 0 Å². The van der Waals surface area contributed by atoms with Crippen LogP contribution in [0.25, 0.3) is 0 Å². The molecule has 132 valence electrons. The molecule has 0 fully saturated rings. The van der Waals surface area contributed by atoms with Gasteiger partial charge in [0.2, 0.25) is 0 Å². The van der Waals surface area contributed by atoms with Crippen molar-refractivity contribution >= 4 is 21.4 Å². The summed E-state index contributed by atoms with van der Waals surface area (Å²) >= 11 is 0. The molecule has 6 heteroatoms. The first kappa shape index (κ1) is 17.8.